The van der Waals surface area contributed by atoms with Crippen LogP contribution >= 0.6 is 12.4 Å². The molecule has 2 aliphatic carbocycles. The van der Waals surface area contributed by atoms with Crippen molar-refractivity contribution in [3.63, 3.8) is 0 Å². The third-order valence-corrected chi connectivity index (χ3v) is 6.56. The Labute approximate surface area is 162 Å². The van der Waals surface area contributed by atoms with Crippen LogP contribution in [0, 0.1) is 17.8 Å². The van der Waals surface area contributed by atoms with Crippen molar-refractivity contribution in [3.05, 3.63) is 30.3 Å². The quantitative estimate of drug-likeness (QED) is 0.873. The molecule has 4 nitrogen and oxygen atoms in total. The molecule has 1 saturated heterocycles. The highest BCUT2D eigenvalue weighted by Crippen LogP contribution is 2.42. The molecule has 4 rings (SSSR count). The van der Waals surface area contributed by atoms with Gasteiger partial charge in [-0.2, -0.15) is 0 Å². The molecular weight excluding hydrogens is 348 g/mol. The summed E-state index contributed by atoms with van der Waals surface area (Å²) in [5, 5.41) is 0. The average Bonchev–Trinajstić information content (AvgIpc) is 2.62. The first-order chi connectivity index (χ1) is 12.2. The van der Waals surface area contributed by atoms with Crippen LogP contribution in [0.3, 0.4) is 0 Å². The van der Waals surface area contributed by atoms with Crippen molar-refractivity contribution >= 4 is 18.3 Å². The predicted octanol–water partition coefficient (Wildman–Crippen LogP) is 3.63. The van der Waals surface area contributed by atoms with Crippen molar-refractivity contribution in [1.82, 2.24) is 4.90 Å². The Kier molecular flexibility index (Phi) is 6.46. The molecule has 1 aromatic rings. The fourth-order valence-electron chi connectivity index (χ4n) is 5.13. The van der Waals surface area contributed by atoms with E-state index in [1.807, 2.05) is 30.3 Å². The van der Waals surface area contributed by atoms with Gasteiger partial charge in [-0.15, -0.1) is 12.4 Å². The zero-order chi connectivity index (χ0) is 17.2. The predicted molar refractivity (Wildman–Crippen MR) is 105 cm³/mol. The Bertz CT molecular complexity index is 575. The van der Waals surface area contributed by atoms with Crippen molar-refractivity contribution in [2.45, 2.75) is 57.1 Å². The Balaban J connectivity index is 0.00000196. The minimum Gasteiger partial charge on any atom is -0.490 e. The van der Waals surface area contributed by atoms with Gasteiger partial charge in [0.15, 0.2) is 0 Å². The molecule has 2 bridgehead atoms. The fraction of sp³-hybridized carbons (Fsp3) is 0.667. The van der Waals surface area contributed by atoms with Crippen molar-refractivity contribution in [2.24, 2.45) is 23.5 Å². The smallest absolute Gasteiger partial charge is 0.225 e. The van der Waals surface area contributed by atoms with E-state index in [-0.39, 0.29) is 24.4 Å². The number of ether oxygens (including phenoxy) is 1. The van der Waals surface area contributed by atoms with Crippen LogP contribution in [0.2, 0.25) is 0 Å². The maximum Gasteiger partial charge on any atom is 0.225 e. The summed E-state index contributed by atoms with van der Waals surface area (Å²) in [6.45, 7) is 1.66. The zero-order valence-electron chi connectivity index (χ0n) is 15.4. The topological polar surface area (TPSA) is 55.6 Å². The van der Waals surface area contributed by atoms with Gasteiger partial charge < -0.3 is 15.4 Å². The number of hydrogen-bond acceptors (Lipinski definition) is 3. The highest BCUT2D eigenvalue weighted by atomic mass is 35.5. The summed E-state index contributed by atoms with van der Waals surface area (Å²) in [6, 6.07) is 10.3. The summed E-state index contributed by atoms with van der Waals surface area (Å²) in [5.74, 6) is 2.66. The van der Waals surface area contributed by atoms with Crippen LogP contribution in [0.4, 0.5) is 0 Å². The molecule has 0 radical (unpaired) electrons. The first-order valence-electron chi connectivity index (χ1n) is 9.97. The van der Waals surface area contributed by atoms with E-state index in [2.05, 4.69) is 4.90 Å². The van der Waals surface area contributed by atoms with Gasteiger partial charge in [0.1, 0.15) is 11.9 Å². The van der Waals surface area contributed by atoms with E-state index in [0.29, 0.717) is 23.8 Å². The molecule has 144 valence electrons. The van der Waals surface area contributed by atoms with Gasteiger partial charge in [0.25, 0.3) is 0 Å². The van der Waals surface area contributed by atoms with Gasteiger partial charge in [-0.3, -0.25) is 4.79 Å². The average molecular weight is 379 g/mol. The monoisotopic (exact) mass is 378 g/mol. The Hall–Kier alpha value is -1.26. The number of benzene rings is 1. The van der Waals surface area contributed by atoms with Gasteiger partial charge in [-0.05, 0) is 49.7 Å². The van der Waals surface area contributed by atoms with E-state index in [9.17, 15) is 4.79 Å². The van der Waals surface area contributed by atoms with Crippen LogP contribution in [0.15, 0.2) is 30.3 Å². The second-order valence-electron chi connectivity index (χ2n) is 8.15. The molecule has 0 aromatic heterocycles. The third kappa shape index (κ3) is 4.17. The lowest BCUT2D eigenvalue weighted by Gasteiger charge is -2.45. The standard InChI is InChI=1S/C21H30N2O2.ClH/c22-20-15-5-4-6-16(20)14-17(13-15)21(24)23-11-9-19(10-12-23)25-18-7-2-1-3-8-18;/h1-3,7-8,15-17,19-20H,4-6,9-14,22H2;1H. The lowest BCUT2D eigenvalue weighted by molar-refractivity contribution is -0.140. The number of carbonyl (C=O) groups excluding carboxylic acids is 1. The van der Waals surface area contributed by atoms with E-state index in [1.165, 1.54) is 19.3 Å². The van der Waals surface area contributed by atoms with Crippen LogP contribution < -0.4 is 10.5 Å². The minimum absolute atomic E-state index is 0. The van der Waals surface area contributed by atoms with Crippen LogP contribution in [0.5, 0.6) is 5.75 Å². The van der Waals surface area contributed by atoms with Crippen LogP contribution in [0.25, 0.3) is 0 Å². The zero-order valence-corrected chi connectivity index (χ0v) is 16.2. The molecular formula is C21H31ClN2O2. The van der Waals surface area contributed by atoms with Crippen molar-refractivity contribution in [2.75, 3.05) is 13.1 Å². The van der Waals surface area contributed by atoms with Crippen LogP contribution in [-0.4, -0.2) is 36.0 Å². The van der Waals surface area contributed by atoms with Crippen LogP contribution in [-0.2, 0) is 4.79 Å². The lowest BCUT2D eigenvalue weighted by atomic mass is 9.65. The lowest BCUT2D eigenvalue weighted by Crippen LogP contribution is -2.51. The molecule has 2 unspecified atom stereocenters. The number of likely N-dealkylation sites (tertiary alicyclic amines) is 1. The maximum atomic E-state index is 13.0. The van der Waals surface area contributed by atoms with Crippen molar-refractivity contribution in [3.8, 4) is 5.75 Å². The number of fused-ring (bicyclic) bond motifs is 2. The number of halogens is 1. The first-order valence-corrected chi connectivity index (χ1v) is 9.97. The number of hydrogen-bond donors (Lipinski definition) is 1. The highest BCUT2D eigenvalue weighted by molar-refractivity contribution is 5.85. The number of nitrogens with zero attached hydrogens (tertiary/aromatic N) is 1. The Morgan fingerprint density at radius 2 is 1.62 bits per heavy atom. The summed E-state index contributed by atoms with van der Waals surface area (Å²) >= 11 is 0. The molecule has 3 fully saturated rings. The van der Waals surface area contributed by atoms with Gasteiger partial charge in [0, 0.05) is 37.9 Å². The number of para-hydroxylation sites is 1. The molecule has 2 saturated carbocycles. The Morgan fingerprint density at radius 1 is 1.00 bits per heavy atom. The van der Waals surface area contributed by atoms with Gasteiger partial charge in [0.05, 0.1) is 0 Å². The van der Waals surface area contributed by atoms with Gasteiger partial charge in [0.2, 0.25) is 5.91 Å². The molecule has 2 atom stereocenters. The first kappa shape index (κ1) is 19.5. The van der Waals surface area contributed by atoms with Gasteiger partial charge >= 0.3 is 0 Å². The number of rotatable bonds is 3. The fourth-order valence-corrected chi connectivity index (χ4v) is 5.13. The minimum atomic E-state index is 0. The number of nitrogens with two attached hydrogens (primary N) is 1. The molecule has 1 aromatic carbocycles. The number of piperidine rings is 1. The van der Waals surface area contributed by atoms with E-state index < -0.39 is 0 Å². The normalized spacial score (nSPS) is 31.8. The SMILES string of the molecule is Cl.NC1C2CCCC1CC(C(=O)N1CCC(Oc3ccccc3)CC1)C2. The maximum absolute atomic E-state index is 13.0. The van der Waals surface area contributed by atoms with Crippen molar-refractivity contribution < 1.29 is 9.53 Å². The number of amides is 1. The van der Waals surface area contributed by atoms with E-state index in [0.717, 1.165) is 44.5 Å². The second kappa shape index (κ2) is 8.62. The number of carbonyl (C=O) groups is 1. The molecule has 1 aliphatic heterocycles. The molecule has 2 N–H and O–H groups in total. The summed E-state index contributed by atoms with van der Waals surface area (Å²) < 4.78 is 6.05. The molecule has 1 amide bonds. The third-order valence-electron chi connectivity index (χ3n) is 6.56. The molecule has 1 heterocycles. The summed E-state index contributed by atoms with van der Waals surface area (Å²) in [6.07, 6.45) is 7.84. The highest BCUT2D eigenvalue weighted by Gasteiger charge is 2.42. The molecule has 5 heteroatoms. The van der Waals surface area contributed by atoms with Gasteiger partial charge in [-0.1, -0.05) is 24.6 Å². The van der Waals surface area contributed by atoms with E-state index in [1.54, 1.807) is 0 Å². The summed E-state index contributed by atoms with van der Waals surface area (Å²) in [4.78, 5) is 15.1. The second-order valence-corrected chi connectivity index (χ2v) is 8.15. The summed E-state index contributed by atoms with van der Waals surface area (Å²) in [5.41, 5.74) is 6.38. The molecule has 26 heavy (non-hydrogen) atoms. The van der Waals surface area contributed by atoms with E-state index in [4.69, 9.17) is 10.5 Å². The van der Waals surface area contributed by atoms with Crippen molar-refractivity contribution in [1.29, 1.82) is 0 Å². The summed E-state index contributed by atoms with van der Waals surface area (Å²) in [7, 11) is 0. The van der Waals surface area contributed by atoms with Gasteiger partial charge in [-0.25, -0.2) is 0 Å². The van der Waals surface area contributed by atoms with E-state index >= 15 is 0 Å². The molecule has 0 spiro atoms. The Morgan fingerprint density at radius 3 is 2.23 bits per heavy atom. The largest absolute Gasteiger partial charge is 0.490 e. The molecule has 3 aliphatic rings. The van der Waals surface area contributed by atoms with Crippen LogP contribution in [0.1, 0.15) is 44.9 Å².